The number of nitrogen functional groups attached to an aromatic ring is 1. The van der Waals surface area contributed by atoms with Crippen LogP contribution in [0.1, 0.15) is 27.7 Å². The van der Waals surface area contributed by atoms with Crippen LogP contribution in [0.2, 0.25) is 0 Å². The number of hydrazine groups is 1. The largest absolute Gasteiger partial charge is 0.443 e. The van der Waals surface area contributed by atoms with Gasteiger partial charge in [0.2, 0.25) is 5.91 Å². The van der Waals surface area contributed by atoms with Crippen LogP contribution in [0.25, 0.3) is 0 Å². The Bertz CT molecular complexity index is 756. The summed E-state index contributed by atoms with van der Waals surface area (Å²) in [6.45, 7) is 6.63. The molecule has 0 saturated heterocycles. The minimum absolute atomic E-state index is 0.0503. The summed E-state index contributed by atoms with van der Waals surface area (Å²) in [5.74, 6) is -0.520. The number of hydrogen-bond acceptors (Lipinski definition) is 7. The minimum Gasteiger partial charge on any atom is -0.443 e. The summed E-state index contributed by atoms with van der Waals surface area (Å²) in [4.78, 5) is 23.6. The van der Waals surface area contributed by atoms with Gasteiger partial charge in [0.15, 0.2) is 9.84 Å². The van der Waals surface area contributed by atoms with E-state index in [1.54, 1.807) is 20.8 Å². The molecule has 1 aromatic carbocycles. The van der Waals surface area contributed by atoms with Crippen molar-refractivity contribution in [1.82, 2.24) is 10.9 Å². The summed E-state index contributed by atoms with van der Waals surface area (Å²) in [5, 5.41) is 2.51. The van der Waals surface area contributed by atoms with Crippen LogP contribution in [0.5, 0.6) is 0 Å². The van der Waals surface area contributed by atoms with E-state index < -0.39 is 33.5 Å². The van der Waals surface area contributed by atoms with E-state index in [0.717, 1.165) is 6.26 Å². The first-order chi connectivity index (χ1) is 11.3. The second-order valence-corrected chi connectivity index (χ2v) is 8.46. The van der Waals surface area contributed by atoms with Crippen molar-refractivity contribution >= 4 is 33.2 Å². The van der Waals surface area contributed by atoms with Crippen LogP contribution in [-0.4, -0.2) is 38.3 Å². The van der Waals surface area contributed by atoms with Gasteiger partial charge >= 0.3 is 6.09 Å². The molecule has 0 aliphatic rings. The monoisotopic (exact) mass is 372 g/mol. The van der Waals surface area contributed by atoms with Crippen LogP contribution in [0.15, 0.2) is 23.1 Å². The smallest absolute Gasteiger partial charge is 0.422 e. The van der Waals surface area contributed by atoms with Crippen LogP contribution in [0.4, 0.5) is 16.2 Å². The Morgan fingerprint density at radius 2 is 1.84 bits per heavy atom. The molecule has 0 aliphatic heterocycles. The quantitative estimate of drug-likeness (QED) is 0.447. The maximum atomic E-state index is 12.2. The average molecular weight is 372 g/mol. The number of para-hydroxylation sites is 1. The summed E-state index contributed by atoms with van der Waals surface area (Å²) < 4.78 is 28.3. The maximum absolute atomic E-state index is 12.2. The van der Waals surface area contributed by atoms with E-state index in [4.69, 9.17) is 10.5 Å². The molecule has 5 N–H and O–H groups in total. The second kappa shape index (κ2) is 7.70. The van der Waals surface area contributed by atoms with Crippen molar-refractivity contribution in [3.05, 3.63) is 18.2 Å². The number of rotatable bonds is 5. The molecule has 0 heterocycles. The molecule has 2 amide bonds. The highest BCUT2D eigenvalue weighted by Crippen LogP contribution is 2.26. The van der Waals surface area contributed by atoms with Gasteiger partial charge in [-0.1, -0.05) is 6.07 Å². The zero-order valence-corrected chi connectivity index (χ0v) is 15.7. The third-order valence-corrected chi connectivity index (χ3v) is 4.06. The number of carbonyl (C=O) groups excluding carboxylic acids is 2. The molecular weight excluding hydrogens is 348 g/mol. The first kappa shape index (κ1) is 20.7. The van der Waals surface area contributed by atoms with E-state index >= 15 is 0 Å². The van der Waals surface area contributed by atoms with Gasteiger partial charge in [0, 0.05) is 6.26 Å². The first-order valence-corrected chi connectivity index (χ1v) is 9.34. The highest BCUT2D eigenvalue weighted by Gasteiger charge is 2.20. The van der Waals surface area contributed by atoms with E-state index in [1.807, 2.05) is 0 Å². The van der Waals surface area contributed by atoms with E-state index in [9.17, 15) is 18.0 Å². The Hall–Kier alpha value is -2.33. The molecule has 140 valence electrons. The summed E-state index contributed by atoms with van der Waals surface area (Å²) in [5.41, 5.74) is 10.0. The van der Waals surface area contributed by atoms with E-state index in [1.165, 1.54) is 25.1 Å². The van der Waals surface area contributed by atoms with Crippen LogP contribution >= 0.6 is 0 Å². The fourth-order valence-corrected chi connectivity index (χ4v) is 2.59. The topological polar surface area (TPSA) is 140 Å². The van der Waals surface area contributed by atoms with Gasteiger partial charge in [-0.05, 0) is 39.8 Å². The highest BCUT2D eigenvalue weighted by atomic mass is 32.2. The Labute approximate surface area is 147 Å². The summed E-state index contributed by atoms with van der Waals surface area (Å²) >= 11 is 0. The number of sulfone groups is 1. The third kappa shape index (κ3) is 6.59. The van der Waals surface area contributed by atoms with E-state index in [2.05, 4.69) is 16.2 Å². The lowest BCUT2D eigenvalue weighted by atomic mass is 10.2. The third-order valence-electron chi connectivity index (χ3n) is 2.91. The van der Waals surface area contributed by atoms with Crippen molar-refractivity contribution in [3.8, 4) is 0 Å². The maximum Gasteiger partial charge on any atom is 0.422 e. The Balaban J connectivity index is 2.72. The molecule has 0 radical (unpaired) electrons. The number of nitrogens with one attached hydrogen (secondary N) is 3. The van der Waals surface area contributed by atoms with Crippen molar-refractivity contribution in [3.63, 3.8) is 0 Å². The average Bonchev–Trinajstić information content (AvgIpc) is 2.43. The van der Waals surface area contributed by atoms with Crippen molar-refractivity contribution in [2.75, 3.05) is 17.3 Å². The Morgan fingerprint density at radius 1 is 1.24 bits per heavy atom. The summed E-state index contributed by atoms with van der Waals surface area (Å²) in [6, 6.07) is 3.48. The van der Waals surface area contributed by atoms with E-state index in [-0.39, 0.29) is 16.3 Å². The van der Waals surface area contributed by atoms with Gasteiger partial charge < -0.3 is 15.8 Å². The molecule has 0 bridgehead atoms. The van der Waals surface area contributed by atoms with Gasteiger partial charge in [-0.25, -0.2) is 18.6 Å². The van der Waals surface area contributed by atoms with Crippen molar-refractivity contribution in [2.24, 2.45) is 0 Å². The zero-order chi connectivity index (χ0) is 19.4. The number of nitrogens with two attached hydrogens (primary N) is 1. The SMILES string of the molecule is CC(NNC(=O)OC(C)(C)C)C(=O)Nc1cccc(S(C)(=O)=O)c1N. The molecule has 0 saturated carbocycles. The zero-order valence-electron chi connectivity index (χ0n) is 14.8. The molecule has 1 atom stereocenters. The molecular formula is C15H24N4O5S. The molecule has 0 fully saturated rings. The fourth-order valence-electron chi connectivity index (χ4n) is 1.75. The predicted octanol–water partition coefficient (Wildman–Crippen LogP) is 1.03. The lowest BCUT2D eigenvalue weighted by molar-refractivity contribution is -0.117. The second-order valence-electron chi connectivity index (χ2n) is 6.47. The van der Waals surface area contributed by atoms with E-state index in [0.29, 0.717) is 0 Å². The summed E-state index contributed by atoms with van der Waals surface area (Å²) in [7, 11) is -3.52. The normalized spacial score (nSPS) is 13.0. The van der Waals surface area contributed by atoms with Gasteiger partial charge in [-0.3, -0.25) is 10.2 Å². The number of hydrogen-bond donors (Lipinski definition) is 4. The summed E-state index contributed by atoms with van der Waals surface area (Å²) in [6.07, 6.45) is 0.296. The van der Waals surface area contributed by atoms with Gasteiger partial charge in [0.1, 0.15) is 11.6 Å². The van der Waals surface area contributed by atoms with Crippen LogP contribution in [-0.2, 0) is 19.4 Å². The van der Waals surface area contributed by atoms with Crippen molar-refractivity contribution < 1.29 is 22.7 Å². The van der Waals surface area contributed by atoms with Crippen molar-refractivity contribution in [2.45, 2.75) is 44.2 Å². The lowest BCUT2D eigenvalue weighted by Crippen LogP contribution is -2.49. The molecule has 9 nitrogen and oxygen atoms in total. The van der Waals surface area contributed by atoms with Crippen LogP contribution in [0.3, 0.4) is 0 Å². The van der Waals surface area contributed by atoms with Gasteiger partial charge in [-0.15, -0.1) is 0 Å². The Kier molecular flexibility index (Phi) is 6.38. The molecule has 1 unspecified atom stereocenters. The number of ether oxygens (including phenoxy) is 1. The number of anilines is 2. The van der Waals surface area contributed by atoms with Crippen LogP contribution in [0, 0.1) is 0 Å². The first-order valence-electron chi connectivity index (χ1n) is 7.45. The molecule has 0 aromatic heterocycles. The minimum atomic E-state index is -3.52. The van der Waals surface area contributed by atoms with Gasteiger partial charge in [-0.2, -0.15) is 0 Å². The predicted molar refractivity (Wildman–Crippen MR) is 94.6 cm³/mol. The molecule has 1 aromatic rings. The highest BCUT2D eigenvalue weighted by molar-refractivity contribution is 7.90. The van der Waals surface area contributed by atoms with Gasteiger partial charge in [0.25, 0.3) is 0 Å². The van der Waals surface area contributed by atoms with Crippen LogP contribution < -0.4 is 21.9 Å². The number of amides is 2. The molecule has 10 heteroatoms. The standard InChI is InChI=1S/C15H24N4O5S/c1-9(18-19-14(21)24-15(2,3)4)13(20)17-10-7-6-8-11(12(10)16)25(5,22)23/h6-9,18H,16H2,1-5H3,(H,17,20)(H,19,21). The number of carbonyl (C=O) groups is 2. The molecule has 1 rings (SSSR count). The number of benzene rings is 1. The molecule has 25 heavy (non-hydrogen) atoms. The molecule has 0 spiro atoms. The van der Waals surface area contributed by atoms with Gasteiger partial charge in [0.05, 0.1) is 16.3 Å². The van der Waals surface area contributed by atoms with Crippen molar-refractivity contribution in [1.29, 1.82) is 0 Å². The fraction of sp³-hybridized carbons (Fsp3) is 0.467. The molecule has 0 aliphatic carbocycles. The lowest BCUT2D eigenvalue weighted by Gasteiger charge is -2.21. The Morgan fingerprint density at radius 3 is 2.36 bits per heavy atom.